The molecule has 0 saturated carbocycles. The number of nitrogens with two attached hydrogens (primary N) is 2. The van der Waals surface area contributed by atoms with Gasteiger partial charge in [0.25, 0.3) is 0 Å². The first kappa shape index (κ1) is 15.2. The second-order valence-corrected chi connectivity index (χ2v) is 6.81. The number of nitrogen functional groups attached to an aromatic ring is 1. The zero-order valence-corrected chi connectivity index (χ0v) is 13.1. The van der Waals surface area contributed by atoms with E-state index in [-0.39, 0.29) is 25.5 Å². The van der Waals surface area contributed by atoms with Crippen LogP contribution in [0.2, 0.25) is 5.02 Å². The number of hydrogen-bond donors (Lipinski definition) is 2. The molecule has 0 saturated heterocycles. The molecule has 0 aliphatic heterocycles. The summed E-state index contributed by atoms with van der Waals surface area (Å²) in [5.74, 6) is -0.774. The highest BCUT2D eigenvalue weighted by Gasteiger charge is 2.22. The minimum absolute atomic E-state index is 0.0957. The Hall–Kier alpha value is -1.15. The summed E-state index contributed by atoms with van der Waals surface area (Å²) in [7, 11) is -4.11. The van der Waals surface area contributed by atoms with Crippen LogP contribution in [0.15, 0.2) is 39.7 Å². The second kappa shape index (κ2) is 5.33. The fourth-order valence-electron chi connectivity index (χ4n) is 1.76. The van der Waals surface area contributed by atoms with Crippen LogP contribution in [0.3, 0.4) is 0 Å². The van der Waals surface area contributed by atoms with E-state index in [9.17, 15) is 12.8 Å². The van der Waals surface area contributed by atoms with Crippen molar-refractivity contribution in [2.24, 2.45) is 5.14 Å². The molecule has 0 aliphatic rings. The molecule has 8 heteroatoms. The van der Waals surface area contributed by atoms with Gasteiger partial charge in [0.05, 0.1) is 9.37 Å². The first-order chi connectivity index (χ1) is 9.21. The Kier molecular flexibility index (Phi) is 4.06. The van der Waals surface area contributed by atoms with Crippen molar-refractivity contribution in [1.82, 2.24) is 0 Å². The van der Waals surface area contributed by atoms with Crippen molar-refractivity contribution in [2.45, 2.75) is 4.90 Å². The highest BCUT2D eigenvalue weighted by molar-refractivity contribution is 9.10. The zero-order valence-electron chi connectivity index (χ0n) is 9.90. The topological polar surface area (TPSA) is 86.2 Å². The Morgan fingerprint density at radius 1 is 1.20 bits per heavy atom. The van der Waals surface area contributed by atoms with Crippen molar-refractivity contribution >= 4 is 43.2 Å². The maximum Gasteiger partial charge on any atom is 0.238 e. The molecule has 0 aromatic heterocycles. The third kappa shape index (κ3) is 2.80. The van der Waals surface area contributed by atoms with E-state index in [0.29, 0.717) is 5.69 Å². The molecular formula is C12H9BrClFN2O2S. The number of sulfonamides is 1. The Balaban J connectivity index is 2.92. The Morgan fingerprint density at radius 3 is 2.45 bits per heavy atom. The van der Waals surface area contributed by atoms with Crippen LogP contribution in [0.4, 0.5) is 10.1 Å². The third-order valence-electron chi connectivity index (χ3n) is 2.62. The molecule has 4 nitrogen and oxygen atoms in total. The van der Waals surface area contributed by atoms with E-state index in [4.69, 9.17) is 22.5 Å². The van der Waals surface area contributed by atoms with Crippen molar-refractivity contribution in [1.29, 1.82) is 0 Å². The normalized spacial score (nSPS) is 11.6. The lowest BCUT2D eigenvalue weighted by atomic mass is 10.0. The standard InChI is InChI=1S/C12H9BrClFN2O2S/c13-8-2-4-10(20(17,18)19)11(12(8)15)7-5-6(16)1-3-9(7)14/h1-5H,16H2,(H2,17,18,19). The number of hydrogen-bond acceptors (Lipinski definition) is 3. The van der Waals surface area contributed by atoms with E-state index >= 15 is 0 Å². The van der Waals surface area contributed by atoms with E-state index in [1.54, 1.807) is 0 Å². The molecule has 2 aromatic carbocycles. The largest absolute Gasteiger partial charge is 0.399 e. The molecule has 0 fully saturated rings. The molecule has 0 spiro atoms. The van der Waals surface area contributed by atoms with Crippen LogP contribution in [0.25, 0.3) is 11.1 Å². The smallest absolute Gasteiger partial charge is 0.238 e. The van der Waals surface area contributed by atoms with Gasteiger partial charge >= 0.3 is 0 Å². The quantitative estimate of drug-likeness (QED) is 0.786. The van der Waals surface area contributed by atoms with Crippen molar-refractivity contribution in [3.63, 3.8) is 0 Å². The van der Waals surface area contributed by atoms with Crippen molar-refractivity contribution < 1.29 is 12.8 Å². The summed E-state index contributed by atoms with van der Waals surface area (Å²) in [6.45, 7) is 0. The molecule has 2 aromatic rings. The van der Waals surface area contributed by atoms with Crippen LogP contribution in [0, 0.1) is 5.82 Å². The molecule has 0 bridgehead atoms. The first-order valence-corrected chi connectivity index (χ1v) is 7.99. The molecule has 20 heavy (non-hydrogen) atoms. The maximum atomic E-state index is 14.3. The summed E-state index contributed by atoms with van der Waals surface area (Å²) in [5, 5.41) is 5.29. The van der Waals surface area contributed by atoms with Crippen molar-refractivity contribution in [3.05, 3.63) is 45.6 Å². The number of halogens is 3. The lowest BCUT2D eigenvalue weighted by Gasteiger charge is -2.12. The fraction of sp³-hybridized carbons (Fsp3) is 0. The minimum atomic E-state index is -4.11. The van der Waals surface area contributed by atoms with Gasteiger partial charge in [-0.1, -0.05) is 11.6 Å². The van der Waals surface area contributed by atoms with Gasteiger partial charge in [0, 0.05) is 21.8 Å². The Labute approximate surface area is 128 Å². The number of rotatable bonds is 2. The van der Waals surface area contributed by atoms with E-state index in [1.165, 1.54) is 30.3 Å². The van der Waals surface area contributed by atoms with Crippen LogP contribution in [0.1, 0.15) is 0 Å². The molecule has 106 valence electrons. The fourth-order valence-corrected chi connectivity index (χ4v) is 3.04. The molecular weight excluding hydrogens is 371 g/mol. The van der Waals surface area contributed by atoms with Gasteiger partial charge in [-0.15, -0.1) is 0 Å². The highest BCUT2D eigenvalue weighted by Crippen LogP contribution is 2.38. The summed E-state index contributed by atoms with van der Waals surface area (Å²) in [4.78, 5) is -0.356. The third-order valence-corrected chi connectivity index (χ3v) is 4.52. The molecule has 0 amide bonds. The number of anilines is 1. The molecule has 0 aliphatic carbocycles. The van der Waals surface area contributed by atoms with Crippen LogP contribution in [-0.4, -0.2) is 8.42 Å². The molecule has 0 radical (unpaired) electrons. The second-order valence-electron chi connectivity index (χ2n) is 4.02. The van der Waals surface area contributed by atoms with Gasteiger partial charge in [-0.2, -0.15) is 0 Å². The predicted octanol–water partition coefficient (Wildman–Crippen LogP) is 3.14. The average Bonchev–Trinajstić information content (AvgIpc) is 2.34. The van der Waals surface area contributed by atoms with Gasteiger partial charge in [-0.05, 0) is 46.3 Å². The highest BCUT2D eigenvalue weighted by atomic mass is 79.9. The van der Waals surface area contributed by atoms with Gasteiger partial charge < -0.3 is 5.73 Å². The summed E-state index contributed by atoms with van der Waals surface area (Å²) in [5.41, 5.74) is 5.91. The van der Waals surface area contributed by atoms with E-state index in [1.807, 2.05) is 0 Å². The van der Waals surface area contributed by atoms with E-state index in [2.05, 4.69) is 15.9 Å². The van der Waals surface area contributed by atoms with Gasteiger partial charge in [-0.3, -0.25) is 0 Å². The first-order valence-electron chi connectivity index (χ1n) is 5.28. The van der Waals surface area contributed by atoms with E-state index < -0.39 is 15.8 Å². The summed E-state index contributed by atoms with van der Waals surface area (Å²) in [6.07, 6.45) is 0. The Morgan fingerprint density at radius 2 is 1.85 bits per heavy atom. The van der Waals surface area contributed by atoms with E-state index in [0.717, 1.165) is 0 Å². The molecule has 0 unspecified atom stereocenters. The van der Waals surface area contributed by atoms with Crippen molar-refractivity contribution in [3.8, 4) is 11.1 Å². The summed E-state index contributed by atoms with van der Waals surface area (Å²) >= 11 is 9.01. The molecule has 0 heterocycles. The molecule has 0 atom stereocenters. The van der Waals surface area contributed by atoms with Crippen LogP contribution < -0.4 is 10.9 Å². The lowest BCUT2D eigenvalue weighted by Crippen LogP contribution is -2.14. The van der Waals surface area contributed by atoms with Crippen LogP contribution in [0.5, 0.6) is 0 Å². The molecule has 4 N–H and O–H groups in total. The summed E-state index contributed by atoms with van der Waals surface area (Å²) < 4.78 is 37.6. The maximum absolute atomic E-state index is 14.3. The molecule has 2 rings (SSSR count). The number of primary sulfonamides is 1. The average molecular weight is 380 g/mol. The predicted molar refractivity (Wildman–Crippen MR) is 80.3 cm³/mol. The number of benzene rings is 2. The lowest BCUT2D eigenvalue weighted by molar-refractivity contribution is 0.592. The van der Waals surface area contributed by atoms with Gasteiger partial charge in [0.15, 0.2) is 0 Å². The summed E-state index contributed by atoms with van der Waals surface area (Å²) in [6, 6.07) is 6.84. The van der Waals surface area contributed by atoms with Gasteiger partial charge in [0.1, 0.15) is 5.82 Å². The van der Waals surface area contributed by atoms with Gasteiger partial charge in [0.2, 0.25) is 10.0 Å². The van der Waals surface area contributed by atoms with Crippen LogP contribution in [-0.2, 0) is 10.0 Å². The van der Waals surface area contributed by atoms with Crippen molar-refractivity contribution in [2.75, 3.05) is 5.73 Å². The monoisotopic (exact) mass is 378 g/mol. The van der Waals surface area contributed by atoms with Crippen LogP contribution >= 0.6 is 27.5 Å². The Bertz CT molecular complexity index is 796. The minimum Gasteiger partial charge on any atom is -0.399 e. The SMILES string of the molecule is Nc1ccc(Cl)c(-c2c(S(N)(=O)=O)ccc(Br)c2F)c1. The zero-order chi connectivity index (χ0) is 15.1. The van der Waals surface area contributed by atoms with Gasteiger partial charge in [-0.25, -0.2) is 17.9 Å².